The molecule has 0 unspecified atom stereocenters. The van der Waals surface area contributed by atoms with Crippen LogP contribution in [0.25, 0.3) is 21.9 Å². The molecule has 0 bridgehead atoms. The van der Waals surface area contributed by atoms with Crippen molar-refractivity contribution in [1.82, 2.24) is 0 Å². The number of fused-ring (bicyclic) bond motifs is 1. The lowest BCUT2D eigenvalue weighted by molar-refractivity contribution is 1.43. The van der Waals surface area contributed by atoms with Crippen LogP contribution in [0.4, 0.5) is 0 Å². The van der Waals surface area contributed by atoms with Crippen LogP contribution in [-0.4, -0.2) is 5.71 Å². The van der Waals surface area contributed by atoms with E-state index in [-0.39, 0.29) is 0 Å². The normalized spacial score (nSPS) is 10.7. The van der Waals surface area contributed by atoms with Crippen LogP contribution >= 0.6 is 0 Å². The molecule has 1 nitrogen and oxygen atoms in total. The zero-order chi connectivity index (χ0) is 14.1. The number of hydrogen-bond donors (Lipinski definition) is 1. The van der Waals surface area contributed by atoms with Crippen molar-refractivity contribution in [2.24, 2.45) is 0 Å². The maximum absolute atomic E-state index is 7.96. The van der Waals surface area contributed by atoms with Gasteiger partial charge in [-0.1, -0.05) is 54.6 Å². The largest absolute Gasteiger partial charge is 0.305 e. The molecule has 98 valence electrons. The number of rotatable bonds is 2. The Kier molecular flexibility index (Phi) is 3.11. The summed E-state index contributed by atoms with van der Waals surface area (Å²) >= 11 is 0. The average molecular weight is 259 g/mol. The molecule has 0 fully saturated rings. The summed E-state index contributed by atoms with van der Waals surface area (Å²) in [5.41, 5.74) is 5.21. The first-order valence-electron chi connectivity index (χ1n) is 6.81. The quantitative estimate of drug-likeness (QED) is 0.611. The topological polar surface area (TPSA) is 23.9 Å². The zero-order valence-corrected chi connectivity index (χ0v) is 11.8. The summed E-state index contributed by atoms with van der Waals surface area (Å²) in [7, 11) is 0. The third-order valence-corrected chi connectivity index (χ3v) is 3.71. The molecule has 1 N–H and O–H groups in total. The third kappa shape index (κ3) is 2.12. The van der Waals surface area contributed by atoms with E-state index in [1.165, 1.54) is 21.9 Å². The van der Waals surface area contributed by atoms with Gasteiger partial charge in [0.1, 0.15) is 0 Å². The monoisotopic (exact) mass is 259 g/mol. The highest BCUT2D eigenvalue weighted by molar-refractivity contribution is 6.03. The van der Waals surface area contributed by atoms with Gasteiger partial charge in [-0.25, -0.2) is 0 Å². The second kappa shape index (κ2) is 4.93. The number of aryl methyl sites for hydroxylation is 1. The molecule has 0 radical (unpaired) electrons. The molecule has 0 aromatic heterocycles. The zero-order valence-electron chi connectivity index (χ0n) is 11.8. The SMILES string of the molecule is CC(=N)c1ccccc1-c1cc2ccccc2cc1C. The Labute approximate surface area is 119 Å². The lowest BCUT2D eigenvalue weighted by atomic mass is 9.92. The molecule has 3 aromatic carbocycles. The lowest BCUT2D eigenvalue weighted by Gasteiger charge is -2.12. The maximum atomic E-state index is 7.96. The molecule has 0 amide bonds. The van der Waals surface area contributed by atoms with Gasteiger partial charge in [0.05, 0.1) is 0 Å². The van der Waals surface area contributed by atoms with Crippen molar-refractivity contribution in [3.05, 3.63) is 71.8 Å². The van der Waals surface area contributed by atoms with Gasteiger partial charge in [-0.15, -0.1) is 0 Å². The van der Waals surface area contributed by atoms with Crippen LogP contribution in [-0.2, 0) is 0 Å². The number of benzene rings is 3. The van der Waals surface area contributed by atoms with Crippen LogP contribution in [0.2, 0.25) is 0 Å². The van der Waals surface area contributed by atoms with Crippen molar-refractivity contribution in [2.75, 3.05) is 0 Å². The van der Waals surface area contributed by atoms with E-state index in [9.17, 15) is 0 Å². The molecule has 1 heteroatoms. The molecular weight excluding hydrogens is 242 g/mol. The second-order valence-electron chi connectivity index (χ2n) is 5.18. The van der Waals surface area contributed by atoms with E-state index >= 15 is 0 Å². The molecule has 0 aliphatic heterocycles. The van der Waals surface area contributed by atoms with Crippen molar-refractivity contribution in [3.8, 4) is 11.1 Å². The maximum Gasteiger partial charge on any atom is 0.0361 e. The summed E-state index contributed by atoms with van der Waals surface area (Å²) in [6.07, 6.45) is 0. The van der Waals surface area contributed by atoms with Gasteiger partial charge >= 0.3 is 0 Å². The van der Waals surface area contributed by atoms with E-state index in [0.717, 1.165) is 11.1 Å². The summed E-state index contributed by atoms with van der Waals surface area (Å²) in [5.74, 6) is 0. The van der Waals surface area contributed by atoms with E-state index in [1.807, 2.05) is 25.1 Å². The van der Waals surface area contributed by atoms with Crippen LogP contribution in [0.15, 0.2) is 60.7 Å². The minimum Gasteiger partial charge on any atom is -0.305 e. The highest BCUT2D eigenvalue weighted by Crippen LogP contribution is 2.30. The van der Waals surface area contributed by atoms with Gasteiger partial charge in [-0.05, 0) is 47.4 Å². The van der Waals surface area contributed by atoms with Gasteiger partial charge < -0.3 is 5.41 Å². The highest BCUT2D eigenvalue weighted by Gasteiger charge is 2.09. The van der Waals surface area contributed by atoms with E-state index in [4.69, 9.17) is 5.41 Å². The van der Waals surface area contributed by atoms with E-state index < -0.39 is 0 Å². The van der Waals surface area contributed by atoms with E-state index in [1.54, 1.807) is 0 Å². The Hall–Kier alpha value is -2.41. The molecule has 0 atom stereocenters. The predicted molar refractivity (Wildman–Crippen MR) is 86.6 cm³/mol. The average Bonchev–Trinajstić information content (AvgIpc) is 2.46. The number of nitrogens with one attached hydrogen (secondary N) is 1. The Bertz CT molecular complexity index is 800. The molecular formula is C19H17N. The molecule has 0 aliphatic rings. The highest BCUT2D eigenvalue weighted by atomic mass is 14.4. The van der Waals surface area contributed by atoms with Crippen LogP contribution in [0.1, 0.15) is 18.1 Å². The van der Waals surface area contributed by atoms with Crippen LogP contribution < -0.4 is 0 Å². The molecule has 3 aromatic rings. The second-order valence-corrected chi connectivity index (χ2v) is 5.18. The fourth-order valence-electron chi connectivity index (χ4n) is 2.69. The van der Waals surface area contributed by atoms with Gasteiger partial charge in [-0.3, -0.25) is 0 Å². The molecule has 0 spiro atoms. The molecule has 20 heavy (non-hydrogen) atoms. The van der Waals surface area contributed by atoms with E-state index in [2.05, 4.69) is 49.4 Å². The Morgan fingerprint density at radius 1 is 0.800 bits per heavy atom. The molecule has 0 aliphatic carbocycles. The van der Waals surface area contributed by atoms with Gasteiger partial charge in [0.2, 0.25) is 0 Å². The Morgan fingerprint density at radius 2 is 1.40 bits per heavy atom. The first-order valence-corrected chi connectivity index (χ1v) is 6.81. The third-order valence-electron chi connectivity index (χ3n) is 3.71. The fourth-order valence-corrected chi connectivity index (χ4v) is 2.69. The number of hydrogen-bond acceptors (Lipinski definition) is 1. The summed E-state index contributed by atoms with van der Waals surface area (Å²) in [6.45, 7) is 3.98. The first kappa shape index (κ1) is 12.6. The van der Waals surface area contributed by atoms with Crippen LogP contribution in [0.3, 0.4) is 0 Å². The Balaban J connectivity index is 2.29. The smallest absolute Gasteiger partial charge is 0.0361 e. The first-order chi connectivity index (χ1) is 9.66. The molecule has 3 rings (SSSR count). The summed E-state index contributed by atoms with van der Waals surface area (Å²) < 4.78 is 0. The summed E-state index contributed by atoms with van der Waals surface area (Å²) in [6, 6.07) is 21.0. The summed E-state index contributed by atoms with van der Waals surface area (Å²) in [4.78, 5) is 0. The van der Waals surface area contributed by atoms with Crippen molar-refractivity contribution >= 4 is 16.5 Å². The van der Waals surface area contributed by atoms with Crippen LogP contribution in [0.5, 0.6) is 0 Å². The van der Waals surface area contributed by atoms with Gasteiger partial charge in [0.15, 0.2) is 0 Å². The molecule has 0 saturated carbocycles. The van der Waals surface area contributed by atoms with Crippen molar-refractivity contribution in [2.45, 2.75) is 13.8 Å². The van der Waals surface area contributed by atoms with Crippen molar-refractivity contribution in [1.29, 1.82) is 5.41 Å². The van der Waals surface area contributed by atoms with Gasteiger partial charge in [-0.2, -0.15) is 0 Å². The van der Waals surface area contributed by atoms with Crippen molar-refractivity contribution in [3.63, 3.8) is 0 Å². The van der Waals surface area contributed by atoms with E-state index in [0.29, 0.717) is 5.71 Å². The minimum atomic E-state index is 0.605. The predicted octanol–water partition coefficient (Wildman–Crippen LogP) is 5.20. The van der Waals surface area contributed by atoms with Crippen LogP contribution in [0, 0.1) is 12.3 Å². The standard InChI is InChI=1S/C19H17N/c1-13-11-15-7-3-4-8-16(15)12-19(13)18-10-6-5-9-17(18)14(2)20/h3-12,20H,1-2H3. The summed E-state index contributed by atoms with van der Waals surface area (Å²) in [5, 5.41) is 10.5. The minimum absolute atomic E-state index is 0.605. The van der Waals surface area contributed by atoms with Gasteiger partial charge in [0, 0.05) is 11.3 Å². The lowest BCUT2D eigenvalue weighted by Crippen LogP contribution is -1.97. The van der Waals surface area contributed by atoms with Crippen molar-refractivity contribution < 1.29 is 0 Å². The van der Waals surface area contributed by atoms with Gasteiger partial charge in [0.25, 0.3) is 0 Å². The Morgan fingerprint density at radius 3 is 2.10 bits per heavy atom. The fraction of sp³-hybridized carbons (Fsp3) is 0.105. The molecule has 0 saturated heterocycles. The molecule has 0 heterocycles.